The molecular formula is C17H19BrO2. The van der Waals surface area contributed by atoms with E-state index in [1.807, 2.05) is 62.4 Å². The van der Waals surface area contributed by atoms with Crippen molar-refractivity contribution in [3.8, 4) is 11.5 Å². The molecule has 2 rings (SSSR count). The maximum absolute atomic E-state index is 10.3. The largest absolute Gasteiger partial charge is 0.457 e. The lowest BCUT2D eigenvalue weighted by molar-refractivity contribution is 0.0546. The molecule has 2 aromatic rings. The number of rotatable bonds is 5. The van der Waals surface area contributed by atoms with Crippen LogP contribution in [0.15, 0.2) is 48.5 Å². The monoisotopic (exact) mass is 334 g/mol. The van der Waals surface area contributed by atoms with E-state index in [9.17, 15) is 5.11 Å². The first-order valence-corrected chi connectivity index (χ1v) is 7.77. The number of ether oxygens (including phenoxy) is 1. The Labute approximate surface area is 128 Å². The number of aryl methyl sites for hydroxylation is 1. The number of aliphatic hydroxyl groups is 1. The van der Waals surface area contributed by atoms with Gasteiger partial charge in [0.25, 0.3) is 0 Å². The Kier molecular flexibility index (Phi) is 4.84. The lowest BCUT2D eigenvalue weighted by Crippen LogP contribution is -2.21. The molecule has 0 aliphatic rings. The summed E-state index contributed by atoms with van der Waals surface area (Å²) in [4.78, 5) is 0. The molecule has 0 spiro atoms. The van der Waals surface area contributed by atoms with Crippen LogP contribution in [-0.2, 0) is 5.60 Å². The summed E-state index contributed by atoms with van der Waals surface area (Å²) >= 11 is 3.36. The molecule has 0 saturated carbocycles. The molecule has 20 heavy (non-hydrogen) atoms. The fourth-order valence-electron chi connectivity index (χ4n) is 1.95. The molecule has 0 aliphatic heterocycles. The van der Waals surface area contributed by atoms with Crippen molar-refractivity contribution in [3.63, 3.8) is 0 Å². The zero-order valence-electron chi connectivity index (χ0n) is 11.8. The molecule has 0 radical (unpaired) electrons. The van der Waals surface area contributed by atoms with Crippen LogP contribution in [0, 0.1) is 6.92 Å². The zero-order chi connectivity index (χ0) is 14.6. The minimum atomic E-state index is -0.814. The Bertz CT molecular complexity index is 544. The van der Waals surface area contributed by atoms with Crippen molar-refractivity contribution in [1.82, 2.24) is 0 Å². The van der Waals surface area contributed by atoms with Gasteiger partial charge in [0.05, 0.1) is 5.60 Å². The predicted molar refractivity (Wildman–Crippen MR) is 85.7 cm³/mol. The minimum absolute atomic E-state index is 0.672. The first-order chi connectivity index (χ1) is 9.51. The fourth-order valence-corrected chi connectivity index (χ4v) is 2.72. The molecule has 0 aliphatic carbocycles. The average molecular weight is 335 g/mol. The average Bonchev–Trinajstić information content (AvgIpc) is 2.42. The van der Waals surface area contributed by atoms with Gasteiger partial charge in [-0.15, -0.1) is 0 Å². The Balaban J connectivity index is 2.10. The summed E-state index contributed by atoms with van der Waals surface area (Å²) in [6.45, 7) is 3.87. The highest BCUT2D eigenvalue weighted by atomic mass is 79.9. The van der Waals surface area contributed by atoms with Gasteiger partial charge < -0.3 is 9.84 Å². The third-order valence-electron chi connectivity index (χ3n) is 3.31. The van der Waals surface area contributed by atoms with E-state index < -0.39 is 5.60 Å². The Morgan fingerprint density at radius 1 is 1.00 bits per heavy atom. The number of alkyl halides is 1. The van der Waals surface area contributed by atoms with E-state index in [1.165, 1.54) is 5.56 Å². The zero-order valence-corrected chi connectivity index (χ0v) is 13.4. The number of halogens is 1. The summed E-state index contributed by atoms with van der Waals surface area (Å²) < 4.78 is 5.77. The molecule has 0 aromatic heterocycles. The van der Waals surface area contributed by atoms with Crippen molar-refractivity contribution >= 4 is 15.9 Å². The van der Waals surface area contributed by atoms with E-state index in [0.717, 1.165) is 22.4 Å². The second kappa shape index (κ2) is 6.42. The minimum Gasteiger partial charge on any atom is -0.457 e. The second-order valence-electron chi connectivity index (χ2n) is 5.15. The molecule has 1 unspecified atom stereocenters. The summed E-state index contributed by atoms with van der Waals surface area (Å²) in [6.07, 6.45) is 0.672. The number of benzene rings is 2. The van der Waals surface area contributed by atoms with Crippen LogP contribution >= 0.6 is 15.9 Å². The van der Waals surface area contributed by atoms with Crippen LogP contribution in [0.2, 0.25) is 0 Å². The summed E-state index contributed by atoms with van der Waals surface area (Å²) in [6, 6.07) is 15.5. The topological polar surface area (TPSA) is 29.5 Å². The van der Waals surface area contributed by atoms with Gasteiger partial charge in [0, 0.05) is 5.33 Å². The third kappa shape index (κ3) is 3.84. The molecule has 1 atom stereocenters. The molecule has 2 nitrogen and oxygen atoms in total. The molecule has 0 amide bonds. The SMILES string of the molecule is Cc1ccc(Oc2ccc(C(C)(O)CCBr)cc2)cc1. The van der Waals surface area contributed by atoms with E-state index in [1.54, 1.807) is 0 Å². The van der Waals surface area contributed by atoms with Crippen LogP contribution in [0.1, 0.15) is 24.5 Å². The highest BCUT2D eigenvalue weighted by Gasteiger charge is 2.21. The quantitative estimate of drug-likeness (QED) is 0.797. The molecule has 1 N–H and O–H groups in total. The van der Waals surface area contributed by atoms with Gasteiger partial charge in [-0.2, -0.15) is 0 Å². The maximum Gasteiger partial charge on any atom is 0.127 e. The van der Waals surface area contributed by atoms with Crippen molar-refractivity contribution in [2.75, 3.05) is 5.33 Å². The van der Waals surface area contributed by atoms with E-state index in [0.29, 0.717) is 6.42 Å². The van der Waals surface area contributed by atoms with E-state index >= 15 is 0 Å². The molecule has 0 heterocycles. The Hall–Kier alpha value is -1.32. The third-order valence-corrected chi connectivity index (χ3v) is 3.71. The normalized spacial score (nSPS) is 13.8. The predicted octanol–water partition coefficient (Wildman–Crippen LogP) is 4.78. The van der Waals surface area contributed by atoms with Crippen molar-refractivity contribution in [2.45, 2.75) is 25.9 Å². The smallest absolute Gasteiger partial charge is 0.127 e. The van der Waals surface area contributed by atoms with E-state index in [4.69, 9.17) is 4.74 Å². The lowest BCUT2D eigenvalue weighted by atomic mass is 9.93. The van der Waals surface area contributed by atoms with Gasteiger partial charge in [-0.25, -0.2) is 0 Å². The molecule has 0 saturated heterocycles. The highest BCUT2D eigenvalue weighted by Crippen LogP contribution is 2.28. The molecular weight excluding hydrogens is 316 g/mol. The summed E-state index contributed by atoms with van der Waals surface area (Å²) in [5, 5.41) is 11.1. The summed E-state index contributed by atoms with van der Waals surface area (Å²) in [5.41, 5.74) is 1.29. The number of hydrogen-bond acceptors (Lipinski definition) is 2. The van der Waals surface area contributed by atoms with Crippen molar-refractivity contribution in [2.24, 2.45) is 0 Å². The summed E-state index contributed by atoms with van der Waals surface area (Å²) in [7, 11) is 0. The van der Waals surface area contributed by atoms with E-state index in [2.05, 4.69) is 15.9 Å². The molecule has 0 bridgehead atoms. The molecule has 3 heteroatoms. The van der Waals surface area contributed by atoms with Gasteiger partial charge in [-0.1, -0.05) is 45.8 Å². The van der Waals surface area contributed by atoms with E-state index in [-0.39, 0.29) is 0 Å². The van der Waals surface area contributed by atoms with Gasteiger partial charge in [0.2, 0.25) is 0 Å². The maximum atomic E-state index is 10.3. The van der Waals surface area contributed by atoms with Gasteiger partial charge >= 0.3 is 0 Å². The van der Waals surface area contributed by atoms with Gasteiger partial charge in [-0.05, 0) is 50.1 Å². The standard InChI is InChI=1S/C17H19BrO2/c1-13-3-7-15(8-4-13)20-16-9-5-14(6-10-16)17(2,19)11-12-18/h3-10,19H,11-12H2,1-2H3. The van der Waals surface area contributed by atoms with Gasteiger partial charge in [-0.3, -0.25) is 0 Å². The Morgan fingerprint density at radius 2 is 1.50 bits per heavy atom. The van der Waals surface area contributed by atoms with Crippen LogP contribution in [-0.4, -0.2) is 10.4 Å². The van der Waals surface area contributed by atoms with Crippen LogP contribution in [0.3, 0.4) is 0 Å². The van der Waals surface area contributed by atoms with Crippen LogP contribution < -0.4 is 4.74 Å². The highest BCUT2D eigenvalue weighted by molar-refractivity contribution is 9.09. The van der Waals surface area contributed by atoms with Crippen molar-refractivity contribution in [1.29, 1.82) is 0 Å². The van der Waals surface area contributed by atoms with Crippen molar-refractivity contribution < 1.29 is 9.84 Å². The first-order valence-electron chi connectivity index (χ1n) is 6.65. The molecule has 2 aromatic carbocycles. The van der Waals surface area contributed by atoms with Crippen LogP contribution in [0.5, 0.6) is 11.5 Å². The second-order valence-corrected chi connectivity index (χ2v) is 5.95. The van der Waals surface area contributed by atoms with Crippen LogP contribution in [0.25, 0.3) is 0 Å². The van der Waals surface area contributed by atoms with Gasteiger partial charge in [0.1, 0.15) is 11.5 Å². The van der Waals surface area contributed by atoms with Crippen molar-refractivity contribution in [3.05, 3.63) is 59.7 Å². The molecule has 0 fully saturated rings. The fraction of sp³-hybridized carbons (Fsp3) is 0.294. The lowest BCUT2D eigenvalue weighted by Gasteiger charge is -2.23. The summed E-state index contributed by atoms with van der Waals surface area (Å²) in [5.74, 6) is 1.59. The number of hydrogen-bond donors (Lipinski definition) is 1. The van der Waals surface area contributed by atoms with Crippen LogP contribution in [0.4, 0.5) is 0 Å². The van der Waals surface area contributed by atoms with Gasteiger partial charge in [0.15, 0.2) is 0 Å². The first kappa shape index (κ1) is 15.1. The molecule has 106 valence electrons. The Morgan fingerprint density at radius 3 is 2.00 bits per heavy atom.